The maximum atomic E-state index is 12.1. The summed E-state index contributed by atoms with van der Waals surface area (Å²) in [4.78, 5) is 20.9. The zero-order chi connectivity index (χ0) is 19.2. The molecule has 2 aromatic heterocycles. The first-order valence-electron chi connectivity index (χ1n) is 8.14. The molecule has 0 saturated heterocycles. The molecular formula is C17H19N5O3S2. The Morgan fingerprint density at radius 1 is 1.30 bits per heavy atom. The Labute approximate surface area is 164 Å². The van der Waals surface area contributed by atoms with Crippen molar-refractivity contribution in [2.45, 2.75) is 18.5 Å². The summed E-state index contributed by atoms with van der Waals surface area (Å²) >= 11 is 2.63. The van der Waals surface area contributed by atoms with Gasteiger partial charge in [-0.3, -0.25) is 9.89 Å². The van der Waals surface area contributed by atoms with Gasteiger partial charge in [-0.05, 0) is 12.1 Å². The molecule has 0 unspecified atom stereocenters. The van der Waals surface area contributed by atoms with E-state index < -0.39 is 0 Å². The summed E-state index contributed by atoms with van der Waals surface area (Å²) in [6.45, 7) is 1.99. The standard InChI is InChI=1S/C17H19N5O3S2/c1-4-14-19-17(22-21-14)27-9-15(23)20-16-18-12(8-26-16)11-6-5-10(24-2)7-13(11)25-3/h5-8H,4,9H2,1-3H3,(H,18,20,23)(H,19,21,22). The number of anilines is 1. The number of H-pyrrole nitrogens is 1. The van der Waals surface area contributed by atoms with Crippen LogP contribution < -0.4 is 14.8 Å². The second-order valence-corrected chi connectivity index (χ2v) is 7.16. The maximum absolute atomic E-state index is 12.1. The Morgan fingerprint density at radius 2 is 2.15 bits per heavy atom. The highest BCUT2D eigenvalue weighted by Gasteiger charge is 2.13. The molecule has 2 N–H and O–H groups in total. The van der Waals surface area contributed by atoms with Gasteiger partial charge in [0, 0.05) is 23.4 Å². The van der Waals surface area contributed by atoms with Gasteiger partial charge >= 0.3 is 0 Å². The summed E-state index contributed by atoms with van der Waals surface area (Å²) in [6, 6.07) is 5.52. The van der Waals surface area contributed by atoms with Crippen LogP contribution in [0.2, 0.25) is 0 Å². The normalized spacial score (nSPS) is 10.6. The number of aryl methyl sites for hydroxylation is 1. The lowest BCUT2D eigenvalue weighted by Crippen LogP contribution is -2.13. The van der Waals surface area contributed by atoms with E-state index >= 15 is 0 Å². The van der Waals surface area contributed by atoms with Crippen LogP contribution in [0.25, 0.3) is 11.3 Å². The van der Waals surface area contributed by atoms with Crippen molar-refractivity contribution in [1.29, 1.82) is 0 Å². The Morgan fingerprint density at radius 3 is 2.85 bits per heavy atom. The van der Waals surface area contributed by atoms with E-state index in [4.69, 9.17) is 9.47 Å². The number of nitrogens with one attached hydrogen (secondary N) is 2. The van der Waals surface area contributed by atoms with Crippen LogP contribution in [0.4, 0.5) is 5.13 Å². The number of thioether (sulfide) groups is 1. The number of nitrogens with zero attached hydrogens (tertiary/aromatic N) is 3. The fourth-order valence-corrected chi connectivity index (χ4v) is 3.59. The van der Waals surface area contributed by atoms with Crippen molar-refractivity contribution < 1.29 is 14.3 Å². The second-order valence-electron chi connectivity index (χ2n) is 5.36. The van der Waals surface area contributed by atoms with Crippen molar-refractivity contribution >= 4 is 34.1 Å². The van der Waals surface area contributed by atoms with Crippen molar-refractivity contribution in [1.82, 2.24) is 20.2 Å². The van der Waals surface area contributed by atoms with Crippen molar-refractivity contribution in [3.8, 4) is 22.8 Å². The molecule has 8 nitrogen and oxygen atoms in total. The van der Waals surface area contributed by atoms with Gasteiger partial charge in [0.2, 0.25) is 11.1 Å². The first-order chi connectivity index (χ1) is 13.1. The molecule has 3 aromatic rings. The van der Waals surface area contributed by atoms with Crippen molar-refractivity contribution in [3.63, 3.8) is 0 Å². The molecule has 0 spiro atoms. The number of benzene rings is 1. The van der Waals surface area contributed by atoms with Crippen LogP contribution in [0.5, 0.6) is 11.5 Å². The van der Waals surface area contributed by atoms with Crippen LogP contribution in [0, 0.1) is 0 Å². The summed E-state index contributed by atoms with van der Waals surface area (Å²) in [5, 5.41) is 12.6. The Hall–Kier alpha value is -2.59. The van der Waals surface area contributed by atoms with E-state index in [0.717, 1.165) is 23.5 Å². The minimum absolute atomic E-state index is 0.162. The number of carbonyl (C=O) groups excluding carboxylic acids is 1. The minimum Gasteiger partial charge on any atom is -0.497 e. The number of thiazole rings is 1. The van der Waals surface area contributed by atoms with Gasteiger partial charge in [0.05, 0.1) is 25.7 Å². The third-order valence-corrected chi connectivity index (χ3v) is 5.22. The molecule has 0 saturated carbocycles. The topological polar surface area (TPSA) is 102 Å². The smallest absolute Gasteiger partial charge is 0.236 e. The van der Waals surface area contributed by atoms with Gasteiger partial charge in [-0.25, -0.2) is 9.97 Å². The van der Waals surface area contributed by atoms with E-state index in [2.05, 4.69) is 25.5 Å². The highest BCUT2D eigenvalue weighted by Crippen LogP contribution is 2.34. The second kappa shape index (κ2) is 8.87. The quantitative estimate of drug-likeness (QED) is 0.555. The van der Waals surface area contributed by atoms with Crippen LogP contribution in [-0.2, 0) is 11.2 Å². The fourth-order valence-electron chi connectivity index (χ4n) is 2.25. The first kappa shape index (κ1) is 19.2. The van der Waals surface area contributed by atoms with Crippen molar-refractivity contribution in [2.24, 2.45) is 0 Å². The van der Waals surface area contributed by atoms with Crippen LogP contribution in [-0.4, -0.2) is 46.0 Å². The number of rotatable bonds is 8. The summed E-state index contributed by atoms with van der Waals surface area (Å²) in [5.74, 6) is 2.21. The number of aromatic nitrogens is 4. The van der Waals surface area contributed by atoms with Gasteiger partial charge in [-0.1, -0.05) is 18.7 Å². The van der Waals surface area contributed by atoms with E-state index in [-0.39, 0.29) is 11.7 Å². The molecule has 0 atom stereocenters. The first-order valence-corrected chi connectivity index (χ1v) is 10.0. The lowest BCUT2D eigenvalue weighted by molar-refractivity contribution is -0.113. The lowest BCUT2D eigenvalue weighted by atomic mass is 10.1. The molecule has 0 radical (unpaired) electrons. The van der Waals surface area contributed by atoms with Gasteiger partial charge in [0.1, 0.15) is 17.3 Å². The van der Waals surface area contributed by atoms with E-state index in [1.165, 1.54) is 23.1 Å². The molecule has 2 heterocycles. The zero-order valence-corrected chi connectivity index (χ0v) is 16.7. The number of methoxy groups -OCH3 is 2. The summed E-state index contributed by atoms with van der Waals surface area (Å²) in [7, 11) is 3.20. The minimum atomic E-state index is -0.162. The third-order valence-electron chi connectivity index (χ3n) is 3.61. The van der Waals surface area contributed by atoms with Gasteiger partial charge in [-0.15, -0.1) is 16.4 Å². The number of hydrogen-bond donors (Lipinski definition) is 2. The molecular weight excluding hydrogens is 386 g/mol. The average Bonchev–Trinajstić information content (AvgIpc) is 3.35. The van der Waals surface area contributed by atoms with E-state index in [1.807, 2.05) is 24.4 Å². The monoisotopic (exact) mass is 405 g/mol. The molecule has 0 bridgehead atoms. The van der Waals surface area contributed by atoms with Crippen LogP contribution in [0.1, 0.15) is 12.7 Å². The van der Waals surface area contributed by atoms with Gasteiger partial charge < -0.3 is 14.8 Å². The number of carbonyl (C=O) groups is 1. The van der Waals surface area contributed by atoms with Gasteiger partial charge in [0.25, 0.3) is 0 Å². The number of hydrogen-bond acceptors (Lipinski definition) is 8. The molecule has 1 amide bonds. The van der Waals surface area contributed by atoms with E-state index in [9.17, 15) is 4.79 Å². The fraction of sp³-hybridized carbons (Fsp3) is 0.294. The maximum Gasteiger partial charge on any atom is 0.236 e. The van der Waals surface area contributed by atoms with E-state index in [0.29, 0.717) is 21.8 Å². The molecule has 1 aromatic carbocycles. The largest absolute Gasteiger partial charge is 0.497 e. The van der Waals surface area contributed by atoms with Gasteiger partial charge in [0.15, 0.2) is 5.13 Å². The highest BCUT2D eigenvalue weighted by atomic mass is 32.2. The highest BCUT2D eigenvalue weighted by molar-refractivity contribution is 7.99. The Bertz CT molecular complexity index is 925. The number of amides is 1. The SMILES string of the molecule is CCc1nc(SCC(=O)Nc2nc(-c3ccc(OC)cc3OC)cs2)n[nH]1. The molecule has 0 aliphatic rings. The lowest BCUT2D eigenvalue weighted by Gasteiger charge is -2.08. The predicted molar refractivity (Wildman–Crippen MR) is 106 cm³/mol. The number of ether oxygens (including phenoxy) is 2. The third kappa shape index (κ3) is 4.77. The Kier molecular flexibility index (Phi) is 6.30. The van der Waals surface area contributed by atoms with Crippen LogP contribution in [0.3, 0.4) is 0 Å². The van der Waals surface area contributed by atoms with Crippen molar-refractivity contribution in [2.75, 3.05) is 25.3 Å². The summed E-state index contributed by atoms with van der Waals surface area (Å²) in [6.07, 6.45) is 0.774. The van der Waals surface area contributed by atoms with Crippen LogP contribution >= 0.6 is 23.1 Å². The number of aromatic amines is 1. The summed E-state index contributed by atoms with van der Waals surface area (Å²) in [5.41, 5.74) is 1.56. The van der Waals surface area contributed by atoms with Crippen LogP contribution in [0.15, 0.2) is 28.7 Å². The van der Waals surface area contributed by atoms with E-state index in [1.54, 1.807) is 20.3 Å². The molecule has 3 rings (SSSR count). The molecule has 0 aliphatic carbocycles. The summed E-state index contributed by atoms with van der Waals surface area (Å²) < 4.78 is 10.6. The van der Waals surface area contributed by atoms with Crippen molar-refractivity contribution in [3.05, 3.63) is 29.4 Å². The molecule has 0 fully saturated rings. The molecule has 10 heteroatoms. The molecule has 142 valence electrons. The predicted octanol–water partition coefficient (Wildman–Crippen LogP) is 3.24. The Balaban J connectivity index is 1.63. The average molecular weight is 406 g/mol. The molecule has 27 heavy (non-hydrogen) atoms. The van der Waals surface area contributed by atoms with Gasteiger partial charge in [-0.2, -0.15) is 0 Å². The molecule has 0 aliphatic heterocycles. The zero-order valence-electron chi connectivity index (χ0n) is 15.1.